The number of likely N-dealkylation sites (tertiary alicyclic amines) is 1. The van der Waals surface area contributed by atoms with Gasteiger partial charge in [0.2, 0.25) is 5.91 Å². The Morgan fingerprint density at radius 3 is 2.58 bits per heavy atom. The summed E-state index contributed by atoms with van der Waals surface area (Å²) in [6.45, 7) is 3.40. The smallest absolute Gasteiger partial charge is 0.233 e. The van der Waals surface area contributed by atoms with Gasteiger partial charge in [-0.3, -0.25) is 9.69 Å². The number of nitrogens with one attached hydrogen (secondary N) is 2. The molecule has 0 radical (unpaired) electrons. The number of likely N-dealkylation sites (N-methyl/N-ethyl adjacent to an activating group) is 1. The van der Waals surface area contributed by atoms with E-state index in [0.717, 1.165) is 32.5 Å². The van der Waals surface area contributed by atoms with Crippen molar-refractivity contribution < 1.29 is 4.79 Å². The predicted octanol–water partition coefficient (Wildman–Crippen LogP) is 2.56. The van der Waals surface area contributed by atoms with Crippen molar-refractivity contribution in [3.8, 4) is 0 Å². The van der Waals surface area contributed by atoms with E-state index in [1.165, 1.54) is 16.3 Å². The maximum absolute atomic E-state index is 11.4. The molecule has 2 aromatic carbocycles. The summed E-state index contributed by atoms with van der Waals surface area (Å²) < 4.78 is 0. The van der Waals surface area contributed by atoms with Crippen LogP contribution >= 0.6 is 12.4 Å². The number of carbonyl (C=O) groups is 1. The van der Waals surface area contributed by atoms with Gasteiger partial charge in [-0.1, -0.05) is 42.5 Å². The summed E-state index contributed by atoms with van der Waals surface area (Å²) in [4.78, 5) is 13.7. The molecule has 0 bridgehead atoms. The Balaban J connectivity index is 0.00000208. The van der Waals surface area contributed by atoms with Gasteiger partial charge in [0.1, 0.15) is 0 Å². The van der Waals surface area contributed by atoms with Crippen LogP contribution in [0.15, 0.2) is 42.5 Å². The molecule has 1 fully saturated rings. The molecule has 0 aliphatic carbocycles. The van der Waals surface area contributed by atoms with E-state index in [9.17, 15) is 4.79 Å². The number of fused-ring (bicyclic) bond motifs is 1. The number of hydrogen-bond donors (Lipinski definition) is 2. The molecule has 2 N–H and O–H groups in total. The third-order valence-electron chi connectivity index (χ3n) is 4.69. The van der Waals surface area contributed by atoms with Crippen molar-refractivity contribution in [3.63, 3.8) is 0 Å². The molecule has 1 aliphatic rings. The van der Waals surface area contributed by atoms with Crippen molar-refractivity contribution in [2.24, 2.45) is 0 Å². The first-order valence-corrected chi connectivity index (χ1v) is 8.39. The molecule has 0 spiro atoms. The fourth-order valence-corrected chi connectivity index (χ4v) is 3.28. The Morgan fingerprint density at radius 2 is 1.83 bits per heavy atom. The average molecular weight is 348 g/mol. The third-order valence-corrected chi connectivity index (χ3v) is 4.69. The van der Waals surface area contributed by atoms with Gasteiger partial charge in [0.05, 0.1) is 6.54 Å². The first-order valence-electron chi connectivity index (χ1n) is 8.39. The maximum atomic E-state index is 11.4. The fourth-order valence-electron chi connectivity index (χ4n) is 3.28. The molecule has 5 heteroatoms. The van der Waals surface area contributed by atoms with E-state index < -0.39 is 0 Å². The van der Waals surface area contributed by atoms with Crippen LogP contribution in [0.3, 0.4) is 0 Å². The van der Waals surface area contributed by atoms with Gasteiger partial charge in [0.25, 0.3) is 0 Å². The van der Waals surface area contributed by atoms with Crippen molar-refractivity contribution in [2.75, 3.05) is 26.7 Å². The lowest BCUT2D eigenvalue weighted by atomic mass is 10.0. The predicted molar refractivity (Wildman–Crippen MR) is 102 cm³/mol. The molecule has 0 aromatic heterocycles. The van der Waals surface area contributed by atoms with E-state index >= 15 is 0 Å². The minimum atomic E-state index is 0. The van der Waals surface area contributed by atoms with Gasteiger partial charge in [-0.05, 0) is 29.2 Å². The minimum absolute atomic E-state index is 0. The van der Waals surface area contributed by atoms with Gasteiger partial charge in [0.15, 0.2) is 0 Å². The van der Waals surface area contributed by atoms with Crippen molar-refractivity contribution >= 4 is 29.1 Å². The Labute approximate surface area is 150 Å². The molecule has 4 nitrogen and oxygen atoms in total. The van der Waals surface area contributed by atoms with E-state index in [-0.39, 0.29) is 18.3 Å². The highest BCUT2D eigenvalue weighted by atomic mass is 35.5. The Kier molecular flexibility index (Phi) is 7.03. The standard InChI is InChI=1S/C19H25N3O.ClH/c1-20-19(23)14-22-11-9-17(10-12-22)21-13-16-7-4-6-15-5-2-3-8-18(15)16;/h2-8,17,21H,9-14H2,1H3,(H,20,23);1H. The number of carbonyl (C=O) groups excluding carboxylic acids is 1. The van der Waals surface area contributed by atoms with E-state index in [1.54, 1.807) is 7.05 Å². The molecule has 2 aromatic rings. The van der Waals surface area contributed by atoms with Crippen LogP contribution in [0.25, 0.3) is 10.8 Å². The summed E-state index contributed by atoms with van der Waals surface area (Å²) >= 11 is 0. The molecule has 24 heavy (non-hydrogen) atoms. The first kappa shape index (κ1) is 18.7. The molecular weight excluding hydrogens is 322 g/mol. The second-order valence-corrected chi connectivity index (χ2v) is 6.24. The van der Waals surface area contributed by atoms with Gasteiger partial charge < -0.3 is 10.6 Å². The van der Waals surface area contributed by atoms with E-state index in [0.29, 0.717) is 12.6 Å². The summed E-state index contributed by atoms with van der Waals surface area (Å²) in [7, 11) is 1.70. The molecule has 0 saturated carbocycles. The summed E-state index contributed by atoms with van der Waals surface area (Å²) in [5, 5.41) is 9.01. The molecule has 1 amide bonds. The van der Waals surface area contributed by atoms with Crippen LogP contribution in [0.2, 0.25) is 0 Å². The SMILES string of the molecule is CNC(=O)CN1CCC(NCc2cccc3ccccc23)CC1.Cl. The van der Waals surface area contributed by atoms with Crippen LogP contribution in [0, 0.1) is 0 Å². The van der Waals surface area contributed by atoms with Crippen LogP contribution in [0.5, 0.6) is 0 Å². The lowest BCUT2D eigenvalue weighted by Gasteiger charge is -2.32. The zero-order valence-electron chi connectivity index (χ0n) is 14.1. The number of amides is 1. The quantitative estimate of drug-likeness (QED) is 0.873. The topological polar surface area (TPSA) is 44.4 Å². The summed E-state index contributed by atoms with van der Waals surface area (Å²) in [5.74, 6) is 0.104. The molecule has 0 atom stereocenters. The van der Waals surface area contributed by atoms with Crippen molar-refractivity contribution in [2.45, 2.75) is 25.4 Å². The Hall–Kier alpha value is -1.62. The van der Waals surface area contributed by atoms with E-state index in [2.05, 4.69) is 58.0 Å². The van der Waals surface area contributed by atoms with Crippen LogP contribution in [-0.4, -0.2) is 43.5 Å². The molecule has 3 rings (SSSR count). The van der Waals surface area contributed by atoms with Crippen LogP contribution in [0.4, 0.5) is 0 Å². The van der Waals surface area contributed by atoms with Gasteiger partial charge in [-0.2, -0.15) is 0 Å². The lowest BCUT2D eigenvalue weighted by Crippen LogP contribution is -2.45. The molecule has 1 saturated heterocycles. The second-order valence-electron chi connectivity index (χ2n) is 6.24. The highest BCUT2D eigenvalue weighted by molar-refractivity contribution is 5.86. The lowest BCUT2D eigenvalue weighted by molar-refractivity contribution is -0.122. The summed E-state index contributed by atoms with van der Waals surface area (Å²) in [5.41, 5.74) is 1.36. The second kappa shape index (κ2) is 9.02. The van der Waals surface area contributed by atoms with Gasteiger partial charge in [0, 0.05) is 32.7 Å². The molecular formula is C19H26ClN3O. The Bertz CT molecular complexity index is 663. The first-order chi connectivity index (χ1) is 11.3. The summed E-state index contributed by atoms with van der Waals surface area (Å²) in [6, 6.07) is 15.6. The van der Waals surface area contributed by atoms with Crippen molar-refractivity contribution in [1.29, 1.82) is 0 Å². The zero-order chi connectivity index (χ0) is 16.1. The van der Waals surface area contributed by atoms with Crippen molar-refractivity contribution in [3.05, 3.63) is 48.0 Å². The normalized spacial score (nSPS) is 15.9. The highest BCUT2D eigenvalue weighted by Crippen LogP contribution is 2.19. The maximum Gasteiger partial charge on any atom is 0.233 e. The number of halogens is 1. The minimum Gasteiger partial charge on any atom is -0.358 e. The average Bonchev–Trinajstić information content (AvgIpc) is 2.61. The number of hydrogen-bond acceptors (Lipinski definition) is 3. The largest absolute Gasteiger partial charge is 0.358 e. The van der Waals surface area contributed by atoms with Crippen molar-refractivity contribution in [1.82, 2.24) is 15.5 Å². The summed E-state index contributed by atoms with van der Waals surface area (Å²) in [6.07, 6.45) is 2.20. The number of nitrogens with zero attached hydrogens (tertiary/aromatic N) is 1. The van der Waals surface area contributed by atoms with Crippen LogP contribution in [0.1, 0.15) is 18.4 Å². The van der Waals surface area contributed by atoms with Gasteiger partial charge >= 0.3 is 0 Å². The molecule has 1 aliphatic heterocycles. The monoisotopic (exact) mass is 347 g/mol. The van der Waals surface area contributed by atoms with Crippen LogP contribution in [-0.2, 0) is 11.3 Å². The Morgan fingerprint density at radius 1 is 1.12 bits per heavy atom. The van der Waals surface area contributed by atoms with Gasteiger partial charge in [-0.15, -0.1) is 12.4 Å². The zero-order valence-corrected chi connectivity index (χ0v) is 14.9. The number of rotatable bonds is 5. The number of piperidine rings is 1. The third kappa shape index (κ3) is 4.69. The van der Waals surface area contributed by atoms with Gasteiger partial charge in [-0.25, -0.2) is 0 Å². The molecule has 1 heterocycles. The molecule has 130 valence electrons. The highest BCUT2D eigenvalue weighted by Gasteiger charge is 2.20. The van der Waals surface area contributed by atoms with E-state index in [4.69, 9.17) is 0 Å². The molecule has 0 unspecified atom stereocenters. The van der Waals surface area contributed by atoms with E-state index in [1.807, 2.05) is 0 Å². The fraction of sp³-hybridized carbons (Fsp3) is 0.421. The van der Waals surface area contributed by atoms with Crippen LogP contribution < -0.4 is 10.6 Å². The number of benzene rings is 2.